The standard InChI is InChI=1S/C19H15FO2/c1-12-17(10-11-18(22)19(12)20)15-4-2-13(3-5-15)14-6-8-16(21)9-7-14/h2-11,21-22H,1H3. The molecule has 0 amide bonds. The topological polar surface area (TPSA) is 40.5 Å². The molecule has 0 aliphatic rings. The minimum Gasteiger partial charge on any atom is -0.508 e. The number of hydrogen-bond acceptors (Lipinski definition) is 2. The van der Waals surface area contributed by atoms with Gasteiger partial charge in [0.25, 0.3) is 0 Å². The lowest BCUT2D eigenvalue weighted by atomic mass is 9.97. The van der Waals surface area contributed by atoms with Crippen molar-refractivity contribution in [2.45, 2.75) is 6.92 Å². The van der Waals surface area contributed by atoms with Crippen LogP contribution in [-0.2, 0) is 0 Å². The largest absolute Gasteiger partial charge is 0.508 e. The van der Waals surface area contributed by atoms with Gasteiger partial charge in [-0.05, 0) is 52.9 Å². The van der Waals surface area contributed by atoms with Gasteiger partial charge in [0.1, 0.15) is 5.75 Å². The van der Waals surface area contributed by atoms with Crippen LogP contribution in [0, 0.1) is 12.7 Å². The van der Waals surface area contributed by atoms with Crippen LogP contribution in [-0.4, -0.2) is 10.2 Å². The molecule has 0 atom stereocenters. The van der Waals surface area contributed by atoms with E-state index in [9.17, 15) is 14.6 Å². The van der Waals surface area contributed by atoms with E-state index < -0.39 is 5.82 Å². The molecule has 22 heavy (non-hydrogen) atoms. The number of halogens is 1. The summed E-state index contributed by atoms with van der Waals surface area (Å²) >= 11 is 0. The van der Waals surface area contributed by atoms with Gasteiger partial charge in [-0.25, -0.2) is 4.39 Å². The van der Waals surface area contributed by atoms with Crippen molar-refractivity contribution in [3.63, 3.8) is 0 Å². The van der Waals surface area contributed by atoms with Crippen LogP contribution in [0.1, 0.15) is 5.56 Å². The third-order valence-corrected chi connectivity index (χ3v) is 3.76. The van der Waals surface area contributed by atoms with Crippen molar-refractivity contribution < 1.29 is 14.6 Å². The summed E-state index contributed by atoms with van der Waals surface area (Å²) in [6.07, 6.45) is 0. The van der Waals surface area contributed by atoms with Crippen molar-refractivity contribution in [2.24, 2.45) is 0 Å². The molecule has 0 aliphatic carbocycles. The van der Waals surface area contributed by atoms with E-state index in [-0.39, 0.29) is 11.5 Å². The number of benzene rings is 3. The van der Waals surface area contributed by atoms with Gasteiger partial charge in [-0.2, -0.15) is 0 Å². The normalized spacial score (nSPS) is 10.6. The first-order valence-electron chi connectivity index (χ1n) is 6.94. The summed E-state index contributed by atoms with van der Waals surface area (Å²) in [4.78, 5) is 0. The van der Waals surface area contributed by atoms with Crippen LogP contribution in [0.4, 0.5) is 4.39 Å². The lowest BCUT2D eigenvalue weighted by molar-refractivity contribution is 0.430. The molecule has 2 N–H and O–H groups in total. The molecule has 3 aromatic carbocycles. The minimum absolute atomic E-state index is 0.232. The first-order valence-corrected chi connectivity index (χ1v) is 6.94. The molecule has 0 bridgehead atoms. The fourth-order valence-corrected chi connectivity index (χ4v) is 2.48. The fraction of sp³-hybridized carbons (Fsp3) is 0.0526. The molecule has 0 aromatic heterocycles. The summed E-state index contributed by atoms with van der Waals surface area (Å²) in [6.45, 7) is 1.65. The van der Waals surface area contributed by atoms with E-state index in [1.165, 1.54) is 6.07 Å². The van der Waals surface area contributed by atoms with Gasteiger partial charge in [0.2, 0.25) is 0 Å². The number of phenols is 2. The van der Waals surface area contributed by atoms with Crippen molar-refractivity contribution in [2.75, 3.05) is 0 Å². The molecule has 0 heterocycles. The Morgan fingerprint density at radius 3 is 1.77 bits per heavy atom. The molecule has 0 aliphatic heterocycles. The lowest BCUT2D eigenvalue weighted by Gasteiger charge is -2.09. The summed E-state index contributed by atoms with van der Waals surface area (Å²) in [7, 11) is 0. The van der Waals surface area contributed by atoms with Crippen LogP contribution in [0.15, 0.2) is 60.7 Å². The van der Waals surface area contributed by atoms with E-state index in [4.69, 9.17) is 0 Å². The Labute approximate surface area is 128 Å². The average Bonchev–Trinajstić information content (AvgIpc) is 2.54. The number of phenolic OH excluding ortho intramolecular Hbond substituents is 2. The molecule has 0 spiro atoms. The van der Waals surface area contributed by atoms with Crippen molar-refractivity contribution in [3.05, 3.63) is 72.0 Å². The summed E-state index contributed by atoms with van der Waals surface area (Å²) < 4.78 is 13.8. The Morgan fingerprint density at radius 1 is 0.682 bits per heavy atom. The van der Waals surface area contributed by atoms with Crippen LogP contribution in [0.2, 0.25) is 0 Å². The minimum atomic E-state index is -0.583. The molecule has 0 radical (unpaired) electrons. The van der Waals surface area contributed by atoms with Gasteiger partial charge in [-0.15, -0.1) is 0 Å². The molecule has 3 aromatic rings. The van der Waals surface area contributed by atoms with Gasteiger partial charge < -0.3 is 10.2 Å². The highest BCUT2D eigenvalue weighted by Gasteiger charge is 2.10. The van der Waals surface area contributed by atoms with Crippen molar-refractivity contribution >= 4 is 0 Å². The Balaban J connectivity index is 1.98. The first-order chi connectivity index (χ1) is 10.6. The van der Waals surface area contributed by atoms with Crippen LogP contribution >= 0.6 is 0 Å². The SMILES string of the molecule is Cc1c(-c2ccc(-c3ccc(O)cc3)cc2)ccc(O)c1F. The molecule has 0 saturated carbocycles. The average molecular weight is 294 g/mol. The van der Waals surface area contributed by atoms with E-state index >= 15 is 0 Å². The first kappa shape index (κ1) is 14.1. The smallest absolute Gasteiger partial charge is 0.168 e. The van der Waals surface area contributed by atoms with E-state index in [0.717, 1.165) is 22.3 Å². The second-order valence-electron chi connectivity index (χ2n) is 5.20. The summed E-state index contributed by atoms with van der Waals surface area (Å²) in [5, 5.41) is 18.7. The molecule has 3 heteroatoms. The van der Waals surface area contributed by atoms with Gasteiger partial charge in [0.05, 0.1) is 0 Å². The third-order valence-electron chi connectivity index (χ3n) is 3.76. The Bertz CT molecular complexity index is 806. The number of rotatable bonds is 2. The van der Waals surface area contributed by atoms with Crippen LogP contribution in [0.3, 0.4) is 0 Å². The Morgan fingerprint density at radius 2 is 1.18 bits per heavy atom. The highest BCUT2D eigenvalue weighted by atomic mass is 19.1. The van der Waals surface area contributed by atoms with Crippen molar-refractivity contribution in [1.29, 1.82) is 0 Å². The third kappa shape index (κ3) is 2.53. The molecule has 110 valence electrons. The lowest BCUT2D eigenvalue weighted by Crippen LogP contribution is -1.89. The maximum absolute atomic E-state index is 13.8. The maximum Gasteiger partial charge on any atom is 0.168 e. The molecule has 0 saturated heterocycles. The van der Waals surface area contributed by atoms with Gasteiger partial charge in [0, 0.05) is 0 Å². The van der Waals surface area contributed by atoms with Crippen LogP contribution < -0.4 is 0 Å². The zero-order valence-electron chi connectivity index (χ0n) is 12.0. The van der Waals surface area contributed by atoms with Gasteiger partial charge in [-0.3, -0.25) is 0 Å². The summed E-state index contributed by atoms with van der Waals surface area (Å²) in [5.41, 5.74) is 4.09. The van der Waals surface area contributed by atoms with Gasteiger partial charge >= 0.3 is 0 Å². The van der Waals surface area contributed by atoms with E-state index in [1.807, 2.05) is 36.4 Å². The van der Waals surface area contributed by atoms with Gasteiger partial charge in [0.15, 0.2) is 11.6 Å². The number of aromatic hydroxyl groups is 2. The van der Waals surface area contributed by atoms with Crippen molar-refractivity contribution in [1.82, 2.24) is 0 Å². The van der Waals surface area contributed by atoms with E-state index in [2.05, 4.69) is 0 Å². The van der Waals surface area contributed by atoms with Crippen LogP contribution in [0.5, 0.6) is 11.5 Å². The van der Waals surface area contributed by atoms with E-state index in [1.54, 1.807) is 25.1 Å². The predicted molar refractivity (Wildman–Crippen MR) is 85.3 cm³/mol. The molecular weight excluding hydrogens is 279 g/mol. The zero-order chi connectivity index (χ0) is 15.7. The zero-order valence-corrected chi connectivity index (χ0v) is 12.0. The maximum atomic E-state index is 13.8. The molecule has 0 fully saturated rings. The summed E-state index contributed by atoms with van der Waals surface area (Å²) in [6, 6.07) is 17.8. The predicted octanol–water partition coefficient (Wildman–Crippen LogP) is 4.88. The monoisotopic (exact) mass is 294 g/mol. The highest BCUT2D eigenvalue weighted by Crippen LogP contribution is 2.31. The fourth-order valence-electron chi connectivity index (χ4n) is 2.48. The summed E-state index contributed by atoms with van der Waals surface area (Å²) in [5.74, 6) is -0.683. The second-order valence-corrected chi connectivity index (χ2v) is 5.20. The van der Waals surface area contributed by atoms with Crippen molar-refractivity contribution in [3.8, 4) is 33.8 Å². The Hall–Kier alpha value is -2.81. The van der Waals surface area contributed by atoms with E-state index in [0.29, 0.717) is 5.56 Å². The highest BCUT2D eigenvalue weighted by molar-refractivity contribution is 5.73. The quantitative estimate of drug-likeness (QED) is 0.707. The molecule has 0 unspecified atom stereocenters. The van der Waals surface area contributed by atoms with Gasteiger partial charge in [-0.1, -0.05) is 42.5 Å². The number of hydrogen-bond donors (Lipinski definition) is 2. The second kappa shape index (κ2) is 5.53. The Kier molecular flexibility index (Phi) is 3.55. The molecule has 3 rings (SSSR count). The molecular formula is C19H15FO2. The molecule has 2 nitrogen and oxygen atoms in total. The van der Waals surface area contributed by atoms with Crippen LogP contribution in [0.25, 0.3) is 22.3 Å².